The Bertz CT molecular complexity index is 625. The second-order valence-corrected chi connectivity index (χ2v) is 5.28. The molecule has 0 aliphatic heterocycles. The Hall–Kier alpha value is -1.96. The predicted molar refractivity (Wildman–Crippen MR) is 84.1 cm³/mol. The molecule has 0 spiro atoms. The maximum atomic E-state index is 14.0. The lowest BCUT2D eigenvalue weighted by Crippen LogP contribution is -1.97. The fourth-order valence-electron chi connectivity index (χ4n) is 2.28. The minimum absolute atomic E-state index is 0.226. The summed E-state index contributed by atoms with van der Waals surface area (Å²) in [5.41, 5.74) is 2.77. The molecule has 0 amide bonds. The van der Waals surface area contributed by atoms with Crippen molar-refractivity contribution in [3.63, 3.8) is 0 Å². The van der Waals surface area contributed by atoms with Gasteiger partial charge >= 0.3 is 0 Å². The lowest BCUT2D eigenvalue weighted by molar-refractivity contribution is 0.571. The normalized spacial score (nSPS) is 10.9. The Balaban J connectivity index is 2.37. The molecule has 0 aliphatic rings. The SMILES string of the molecule is [CH2]C(C)c1cc(-c2ccc(CCC=C)cc2)c(F)cc1F. The van der Waals surface area contributed by atoms with E-state index >= 15 is 0 Å². The largest absolute Gasteiger partial charge is 0.207 e. The monoisotopic (exact) mass is 285 g/mol. The van der Waals surface area contributed by atoms with Crippen molar-refractivity contribution in [2.75, 3.05) is 0 Å². The van der Waals surface area contributed by atoms with Crippen LogP contribution in [0.3, 0.4) is 0 Å². The van der Waals surface area contributed by atoms with Gasteiger partial charge in [0.05, 0.1) is 0 Å². The molecule has 2 aromatic carbocycles. The van der Waals surface area contributed by atoms with Gasteiger partial charge in [-0.1, -0.05) is 37.3 Å². The van der Waals surface area contributed by atoms with E-state index in [4.69, 9.17) is 0 Å². The lowest BCUT2D eigenvalue weighted by Gasteiger charge is -2.11. The fourth-order valence-corrected chi connectivity index (χ4v) is 2.28. The van der Waals surface area contributed by atoms with E-state index in [2.05, 4.69) is 13.5 Å². The number of hydrogen-bond acceptors (Lipinski definition) is 0. The molecule has 2 heteroatoms. The quantitative estimate of drug-likeness (QED) is 0.619. The topological polar surface area (TPSA) is 0 Å². The number of allylic oxidation sites excluding steroid dienone is 1. The first-order chi connectivity index (χ1) is 10.0. The van der Waals surface area contributed by atoms with Crippen LogP contribution in [0.4, 0.5) is 8.78 Å². The lowest BCUT2D eigenvalue weighted by atomic mass is 9.95. The Morgan fingerprint density at radius 2 is 1.76 bits per heavy atom. The number of halogens is 2. The van der Waals surface area contributed by atoms with Gasteiger partial charge in [0, 0.05) is 11.6 Å². The van der Waals surface area contributed by atoms with Gasteiger partial charge < -0.3 is 0 Å². The van der Waals surface area contributed by atoms with Gasteiger partial charge in [0.1, 0.15) is 11.6 Å². The first-order valence-corrected chi connectivity index (χ1v) is 7.05. The van der Waals surface area contributed by atoms with Crippen molar-refractivity contribution < 1.29 is 8.78 Å². The first kappa shape index (κ1) is 15.4. The van der Waals surface area contributed by atoms with E-state index in [1.807, 2.05) is 30.3 Å². The molecule has 0 fully saturated rings. The van der Waals surface area contributed by atoms with Crippen LogP contribution in [0.25, 0.3) is 11.1 Å². The van der Waals surface area contributed by atoms with Gasteiger partial charge in [0.25, 0.3) is 0 Å². The molecule has 21 heavy (non-hydrogen) atoms. The highest BCUT2D eigenvalue weighted by atomic mass is 19.1. The number of hydrogen-bond donors (Lipinski definition) is 0. The number of aryl methyl sites for hydroxylation is 1. The van der Waals surface area contributed by atoms with Gasteiger partial charge in [-0.3, -0.25) is 0 Å². The van der Waals surface area contributed by atoms with Gasteiger partial charge in [-0.15, -0.1) is 6.58 Å². The summed E-state index contributed by atoms with van der Waals surface area (Å²) in [6.07, 6.45) is 3.69. The molecule has 0 saturated carbocycles. The first-order valence-electron chi connectivity index (χ1n) is 7.05. The third-order valence-electron chi connectivity index (χ3n) is 3.52. The molecule has 0 aliphatic carbocycles. The van der Waals surface area contributed by atoms with E-state index < -0.39 is 11.6 Å². The predicted octanol–water partition coefficient (Wildman–Crippen LogP) is 5.69. The minimum Gasteiger partial charge on any atom is -0.207 e. The zero-order valence-corrected chi connectivity index (χ0v) is 12.2. The minimum atomic E-state index is -0.546. The van der Waals surface area contributed by atoms with E-state index in [9.17, 15) is 8.78 Å². The van der Waals surface area contributed by atoms with Crippen molar-refractivity contribution in [1.82, 2.24) is 0 Å². The summed E-state index contributed by atoms with van der Waals surface area (Å²) in [6, 6.07) is 10.2. The van der Waals surface area contributed by atoms with Gasteiger partial charge in [-0.05, 0) is 48.4 Å². The van der Waals surface area contributed by atoms with Crippen molar-refractivity contribution in [3.05, 3.63) is 78.7 Å². The summed E-state index contributed by atoms with van der Waals surface area (Å²) in [5, 5.41) is 0. The molecular weight excluding hydrogens is 266 g/mol. The maximum Gasteiger partial charge on any atom is 0.133 e. The molecule has 1 radical (unpaired) electrons. The molecule has 109 valence electrons. The van der Waals surface area contributed by atoms with Crippen molar-refractivity contribution in [2.45, 2.75) is 25.7 Å². The standard InChI is InChI=1S/C19H19F2/c1-4-5-6-14-7-9-15(10-8-14)17-11-16(13(2)3)18(20)12-19(17)21/h4,7-13H,1-2,5-6H2,3H3. The summed E-state index contributed by atoms with van der Waals surface area (Å²) >= 11 is 0. The van der Waals surface area contributed by atoms with Gasteiger partial charge in [0.15, 0.2) is 0 Å². The summed E-state index contributed by atoms with van der Waals surface area (Å²) < 4.78 is 27.7. The second kappa shape index (κ2) is 6.66. The number of benzene rings is 2. The highest BCUT2D eigenvalue weighted by molar-refractivity contribution is 5.65. The summed E-state index contributed by atoms with van der Waals surface area (Å²) in [5.74, 6) is -1.31. The van der Waals surface area contributed by atoms with Crippen molar-refractivity contribution in [1.29, 1.82) is 0 Å². The van der Waals surface area contributed by atoms with Crippen LogP contribution in [-0.2, 0) is 6.42 Å². The Kier molecular flexibility index (Phi) is 4.89. The Labute approximate surface area is 125 Å². The molecule has 0 saturated heterocycles. The zero-order chi connectivity index (χ0) is 15.4. The average Bonchev–Trinajstić information content (AvgIpc) is 2.45. The summed E-state index contributed by atoms with van der Waals surface area (Å²) in [6.45, 7) is 9.30. The third-order valence-corrected chi connectivity index (χ3v) is 3.52. The van der Waals surface area contributed by atoms with Crippen LogP contribution in [0.5, 0.6) is 0 Å². The van der Waals surface area contributed by atoms with E-state index in [-0.39, 0.29) is 5.92 Å². The summed E-state index contributed by atoms with van der Waals surface area (Å²) in [7, 11) is 0. The van der Waals surface area contributed by atoms with Crippen molar-refractivity contribution >= 4 is 0 Å². The molecule has 0 nitrogen and oxygen atoms in total. The second-order valence-electron chi connectivity index (χ2n) is 5.28. The van der Waals surface area contributed by atoms with Gasteiger partial charge in [-0.2, -0.15) is 0 Å². The van der Waals surface area contributed by atoms with E-state index in [1.165, 1.54) is 5.56 Å². The zero-order valence-electron chi connectivity index (χ0n) is 12.2. The number of rotatable bonds is 5. The molecule has 1 unspecified atom stereocenters. The Morgan fingerprint density at radius 1 is 1.10 bits per heavy atom. The van der Waals surface area contributed by atoms with Gasteiger partial charge in [-0.25, -0.2) is 8.78 Å². The third kappa shape index (κ3) is 3.57. The van der Waals surface area contributed by atoms with Crippen LogP contribution in [0.1, 0.15) is 30.4 Å². The smallest absolute Gasteiger partial charge is 0.133 e. The molecule has 0 N–H and O–H groups in total. The van der Waals surface area contributed by atoms with Crippen LogP contribution >= 0.6 is 0 Å². The molecular formula is C19H19F2. The van der Waals surface area contributed by atoms with Crippen LogP contribution in [0.15, 0.2) is 49.1 Å². The van der Waals surface area contributed by atoms with Crippen molar-refractivity contribution in [3.8, 4) is 11.1 Å². The van der Waals surface area contributed by atoms with Crippen LogP contribution < -0.4 is 0 Å². The Morgan fingerprint density at radius 3 is 2.33 bits per heavy atom. The molecule has 0 heterocycles. The highest BCUT2D eigenvalue weighted by Gasteiger charge is 2.13. The van der Waals surface area contributed by atoms with Gasteiger partial charge in [0.2, 0.25) is 0 Å². The highest BCUT2D eigenvalue weighted by Crippen LogP contribution is 2.29. The summed E-state index contributed by atoms with van der Waals surface area (Å²) in [4.78, 5) is 0. The van der Waals surface area contributed by atoms with Crippen LogP contribution in [-0.4, -0.2) is 0 Å². The van der Waals surface area contributed by atoms with Crippen LogP contribution in [0, 0.1) is 18.6 Å². The maximum absolute atomic E-state index is 14.0. The fraction of sp³-hybridized carbons (Fsp3) is 0.211. The van der Waals surface area contributed by atoms with E-state index in [0.717, 1.165) is 24.5 Å². The average molecular weight is 285 g/mol. The van der Waals surface area contributed by atoms with E-state index in [1.54, 1.807) is 13.0 Å². The molecule has 0 bridgehead atoms. The molecule has 2 aromatic rings. The molecule has 2 rings (SSSR count). The van der Waals surface area contributed by atoms with E-state index in [0.29, 0.717) is 11.1 Å². The van der Waals surface area contributed by atoms with Crippen molar-refractivity contribution in [2.24, 2.45) is 0 Å². The molecule has 1 atom stereocenters. The van der Waals surface area contributed by atoms with Crippen LogP contribution in [0.2, 0.25) is 0 Å². The molecule has 0 aromatic heterocycles.